The van der Waals surface area contributed by atoms with Gasteiger partial charge in [0.25, 0.3) is 0 Å². The van der Waals surface area contributed by atoms with E-state index in [9.17, 15) is 0 Å². The van der Waals surface area contributed by atoms with Gasteiger partial charge in [0, 0.05) is 21.7 Å². The Morgan fingerprint density at radius 1 is 0.619 bits per heavy atom. The molecule has 0 N–H and O–H groups in total. The molecule has 0 aliphatic heterocycles. The average molecular weight is 429 g/mol. The Morgan fingerprint density at radius 2 is 0.857 bits per heavy atom. The first-order chi connectivity index (χ1) is 8.56. The van der Waals surface area contributed by atoms with Crippen molar-refractivity contribution in [1.82, 2.24) is 0 Å². The molecule has 0 aromatic heterocycles. The SMILES string of the molecule is C=C[PH+](C(C)C)C(C)C.CC(C)[PH+](C(C)C)C(C)C.[CH3-].[PdH+]. The zero-order valence-electron chi connectivity index (χ0n) is 16.5. The molecule has 134 valence electrons. The third-order valence-electron chi connectivity index (χ3n) is 3.57. The van der Waals surface area contributed by atoms with Crippen LogP contribution in [0.15, 0.2) is 12.4 Å². The van der Waals surface area contributed by atoms with Crippen LogP contribution < -0.4 is 0 Å². The molecule has 0 nitrogen and oxygen atoms in total. The molecule has 1 radical (unpaired) electrons. The van der Waals surface area contributed by atoms with Crippen LogP contribution in [0.1, 0.15) is 69.2 Å². The molecule has 0 fully saturated rings. The van der Waals surface area contributed by atoms with Crippen molar-refractivity contribution in [2.45, 2.75) is 97.5 Å². The Morgan fingerprint density at radius 3 is 0.857 bits per heavy atom. The van der Waals surface area contributed by atoms with Gasteiger partial charge in [-0.2, -0.15) is 0 Å². The summed E-state index contributed by atoms with van der Waals surface area (Å²) in [6.07, 6.45) is 0. The van der Waals surface area contributed by atoms with E-state index >= 15 is 0 Å². The number of hydrogen-bond donors (Lipinski definition) is 0. The number of rotatable bonds is 6. The molecule has 0 bridgehead atoms. The number of hydrogen-bond acceptors (Lipinski definition) is 0. The quantitative estimate of drug-likeness (QED) is 0.249. The van der Waals surface area contributed by atoms with Gasteiger partial charge in [-0.15, -0.1) is 0 Å². The molecule has 0 aliphatic rings. The monoisotopic (exact) mass is 428 g/mol. The van der Waals surface area contributed by atoms with Gasteiger partial charge in [-0.1, -0.05) is 6.58 Å². The zero-order chi connectivity index (χ0) is 15.7. The van der Waals surface area contributed by atoms with Gasteiger partial charge in [-0.05, 0) is 69.2 Å². The van der Waals surface area contributed by atoms with E-state index in [0.29, 0.717) is 0 Å². The van der Waals surface area contributed by atoms with Crippen LogP contribution in [0.4, 0.5) is 0 Å². The van der Waals surface area contributed by atoms with Crippen molar-refractivity contribution in [3.05, 3.63) is 19.8 Å². The maximum absolute atomic E-state index is 3.85. The van der Waals surface area contributed by atoms with E-state index in [0.717, 1.165) is 28.3 Å². The normalized spacial score (nSPS) is 10.9. The molecule has 0 atom stereocenters. The molecule has 0 saturated heterocycles. The van der Waals surface area contributed by atoms with Crippen LogP contribution in [-0.2, 0) is 20.4 Å². The van der Waals surface area contributed by atoms with E-state index in [1.54, 1.807) is 0 Å². The molecule has 0 amide bonds. The van der Waals surface area contributed by atoms with E-state index < -0.39 is 0 Å². The fourth-order valence-corrected chi connectivity index (χ4v) is 9.41. The van der Waals surface area contributed by atoms with Crippen molar-refractivity contribution < 1.29 is 20.4 Å². The minimum atomic E-state index is -0.254. The second-order valence-corrected chi connectivity index (χ2v) is 15.2. The van der Waals surface area contributed by atoms with Crippen molar-refractivity contribution in [2.24, 2.45) is 0 Å². The van der Waals surface area contributed by atoms with Crippen molar-refractivity contribution in [3.8, 4) is 0 Å². The molecule has 0 heterocycles. The summed E-state index contributed by atoms with van der Waals surface area (Å²) in [6.45, 7) is 27.2. The molecule has 0 aliphatic carbocycles. The van der Waals surface area contributed by atoms with Crippen LogP contribution in [0, 0.1) is 7.43 Å². The molecule has 0 unspecified atom stereocenters. The van der Waals surface area contributed by atoms with Crippen molar-refractivity contribution in [3.63, 3.8) is 0 Å². The summed E-state index contributed by atoms with van der Waals surface area (Å²) < 4.78 is 0. The zero-order valence-corrected chi connectivity index (χ0v) is 20.1. The predicted molar refractivity (Wildman–Crippen MR) is 110 cm³/mol. The van der Waals surface area contributed by atoms with Crippen LogP contribution in [0.25, 0.3) is 0 Å². The van der Waals surface area contributed by atoms with Crippen LogP contribution in [0.3, 0.4) is 0 Å². The van der Waals surface area contributed by atoms with Crippen molar-refractivity contribution in [2.75, 3.05) is 0 Å². The van der Waals surface area contributed by atoms with Crippen LogP contribution in [-0.4, -0.2) is 28.3 Å². The van der Waals surface area contributed by atoms with Crippen LogP contribution in [0.5, 0.6) is 0 Å². The van der Waals surface area contributed by atoms with Gasteiger partial charge in [0.15, 0.2) is 0 Å². The first-order valence-corrected chi connectivity index (χ1v) is 11.4. The van der Waals surface area contributed by atoms with E-state index in [2.05, 4.69) is 81.6 Å². The molecule has 21 heavy (non-hydrogen) atoms. The van der Waals surface area contributed by atoms with Gasteiger partial charge in [-0.25, -0.2) is 0 Å². The van der Waals surface area contributed by atoms with Gasteiger partial charge < -0.3 is 7.43 Å². The van der Waals surface area contributed by atoms with Gasteiger partial charge in [-0.3, -0.25) is 0 Å². The molecule has 0 aromatic rings. The summed E-state index contributed by atoms with van der Waals surface area (Å²) in [4.78, 5) is 0. The summed E-state index contributed by atoms with van der Waals surface area (Å²) in [6, 6.07) is 0. The summed E-state index contributed by atoms with van der Waals surface area (Å²) in [5.74, 6) is 2.17. The molecule has 0 aromatic carbocycles. The Kier molecular flexibility index (Phi) is 23.2. The summed E-state index contributed by atoms with van der Waals surface area (Å²) >= 11 is 0. The second kappa shape index (κ2) is 16.1. The standard InChI is InChI=1S/C9H21P.C8H17P.CH3.Pd.H/c1-7(2)10(8(3)4)9(5)6;1-6-9(7(2)3)8(4)5;;;/h7-9H,1-6H3;6-8H,1H2,2-5H3;1H3;;/q;;-1;+1;/p+2. The van der Waals surface area contributed by atoms with Crippen molar-refractivity contribution >= 4 is 15.8 Å². The summed E-state index contributed by atoms with van der Waals surface area (Å²) in [5, 5.41) is 0. The minimum absolute atomic E-state index is 0. The van der Waals surface area contributed by atoms with Crippen molar-refractivity contribution in [1.29, 1.82) is 0 Å². The Hall–Kier alpha value is 1.26. The Balaban J connectivity index is -0.000000126. The molecule has 0 saturated carbocycles. The first-order valence-electron chi connectivity index (χ1n) is 7.91. The third kappa shape index (κ3) is 14.6. The fourth-order valence-electron chi connectivity index (χ4n) is 3.14. The van der Waals surface area contributed by atoms with Gasteiger partial charge >= 0.3 is 20.4 Å². The topological polar surface area (TPSA) is 0 Å². The van der Waals surface area contributed by atoms with Crippen LogP contribution >= 0.6 is 15.8 Å². The maximum atomic E-state index is 3.85. The van der Waals surface area contributed by atoms with E-state index in [4.69, 9.17) is 0 Å². The van der Waals surface area contributed by atoms with E-state index in [1.807, 2.05) is 0 Å². The fraction of sp³-hybridized carbons (Fsp3) is 0.833. The molecular formula is C18H44P2Pd+2. The third-order valence-corrected chi connectivity index (χ3v) is 10.7. The average Bonchev–Trinajstić information content (AvgIpc) is 2.15. The summed E-state index contributed by atoms with van der Waals surface area (Å²) in [5.41, 5.74) is 4.49. The van der Waals surface area contributed by atoms with E-state index in [-0.39, 0.29) is 43.7 Å². The first kappa shape index (κ1) is 30.2. The van der Waals surface area contributed by atoms with Gasteiger partial charge in [0.2, 0.25) is 0 Å². The van der Waals surface area contributed by atoms with Gasteiger partial charge in [0.1, 0.15) is 0 Å². The molecule has 0 spiro atoms. The summed E-state index contributed by atoms with van der Waals surface area (Å²) in [7, 11) is -0.350. The Bertz CT molecular complexity index is 196. The van der Waals surface area contributed by atoms with Gasteiger partial charge in [0.05, 0.1) is 28.3 Å². The molecule has 0 rings (SSSR count). The molecule has 3 heteroatoms. The molecular weight excluding hydrogens is 385 g/mol. The van der Waals surface area contributed by atoms with Crippen LogP contribution in [0.2, 0.25) is 0 Å². The Labute approximate surface area is 153 Å². The second-order valence-electron chi connectivity index (χ2n) is 6.98. The predicted octanol–water partition coefficient (Wildman–Crippen LogP) is 6.77. The van der Waals surface area contributed by atoms with E-state index in [1.165, 1.54) is 0 Å².